The number of benzene rings is 1. The van der Waals surface area contributed by atoms with E-state index in [4.69, 9.17) is 14.7 Å². The first-order valence-corrected chi connectivity index (χ1v) is 6.23. The Balaban J connectivity index is 1.98. The Morgan fingerprint density at radius 2 is 2.00 bits per heavy atom. The van der Waals surface area contributed by atoms with Crippen LogP contribution in [0.3, 0.4) is 0 Å². The van der Waals surface area contributed by atoms with Crippen molar-refractivity contribution in [3.63, 3.8) is 0 Å². The maximum atomic E-state index is 5.99. The Kier molecular flexibility index (Phi) is 2.83. The van der Waals surface area contributed by atoms with Gasteiger partial charge in [0.2, 0.25) is 0 Å². The second kappa shape index (κ2) is 4.51. The number of nitrogens with zero attached hydrogens (tertiary/aromatic N) is 2. The van der Waals surface area contributed by atoms with E-state index in [9.17, 15) is 0 Å². The van der Waals surface area contributed by atoms with Gasteiger partial charge in [-0.2, -0.15) is 4.98 Å². The van der Waals surface area contributed by atoms with E-state index >= 15 is 0 Å². The molecule has 1 aromatic carbocycles. The third kappa shape index (κ3) is 2.13. The molecule has 19 heavy (non-hydrogen) atoms. The van der Waals surface area contributed by atoms with Crippen LogP contribution in [0.15, 0.2) is 39.3 Å². The van der Waals surface area contributed by atoms with Crippen LogP contribution in [0.5, 0.6) is 0 Å². The fraction of sp³-hybridized carbons (Fsp3) is 0.286. The molecule has 0 amide bonds. The van der Waals surface area contributed by atoms with Crippen LogP contribution in [0.1, 0.15) is 25.7 Å². The lowest BCUT2D eigenvalue weighted by Crippen LogP contribution is -2.18. The van der Waals surface area contributed by atoms with Gasteiger partial charge < -0.3 is 14.7 Å². The molecule has 0 aliphatic rings. The highest BCUT2D eigenvalue weighted by molar-refractivity contribution is 5.81. The zero-order chi connectivity index (χ0) is 13.4. The summed E-state index contributed by atoms with van der Waals surface area (Å²) < 4.78 is 10.9. The first-order chi connectivity index (χ1) is 9.15. The average molecular weight is 257 g/mol. The van der Waals surface area contributed by atoms with Gasteiger partial charge in [0.25, 0.3) is 5.89 Å². The number of nitrogens with two attached hydrogens (primary N) is 1. The van der Waals surface area contributed by atoms with Gasteiger partial charge in [0.05, 0.1) is 6.04 Å². The van der Waals surface area contributed by atoms with Gasteiger partial charge in [-0.3, -0.25) is 0 Å². The van der Waals surface area contributed by atoms with E-state index in [-0.39, 0.29) is 12.0 Å². The van der Waals surface area contributed by atoms with Gasteiger partial charge in [-0.1, -0.05) is 37.2 Å². The highest BCUT2D eigenvalue weighted by Crippen LogP contribution is 2.27. The lowest BCUT2D eigenvalue weighted by atomic mass is 10.1. The van der Waals surface area contributed by atoms with Crippen LogP contribution in [-0.2, 0) is 0 Å². The monoisotopic (exact) mass is 257 g/mol. The number of hydrogen-bond donors (Lipinski definition) is 1. The summed E-state index contributed by atoms with van der Waals surface area (Å²) in [6, 6.07) is 9.39. The van der Waals surface area contributed by atoms with Crippen molar-refractivity contribution in [1.29, 1.82) is 0 Å². The summed E-state index contributed by atoms with van der Waals surface area (Å²) in [5.41, 5.74) is 6.79. The van der Waals surface area contributed by atoms with Gasteiger partial charge in [0.1, 0.15) is 5.58 Å². The normalized spacial score (nSPS) is 13.3. The minimum absolute atomic E-state index is 0.234. The quantitative estimate of drug-likeness (QED) is 0.779. The van der Waals surface area contributed by atoms with Crippen molar-refractivity contribution in [3.8, 4) is 11.7 Å². The molecule has 1 unspecified atom stereocenters. The van der Waals surface area contributed by atoms with Crippen LogP contribution in [0.2, 0.25) is 0 Å². The van der Waals surface area contributed by atoms with Gasteiger partial charge in [-0.15, -0.1) is 0 Å². The summed E-state index contributed by atoms with van der Waals surface area (Å²) in [5.74, 6) is 1.68. The molecule has 2 heterocycles. The van der Waals surface area contributed by atoms with Crippen LogP contribution in [0, 0.1) is 5.92 Å². The van der Waals surface area contributed by atoms with Gasteiger partial charge in [-0.25, -0.2) is 0 Å². The standard InChI is InChI=1S/C14H15N3O2/c1-8(2)12(15)13-16-14(19-17-13)11-7-9-5-3-4-6-10(9)18-11/h3-8,12H,15H2,1-2H3. The maximum Gasteiger partial charge on any atom is 0.293 e. The van der Waals surface area contributed by atoms with Crippen molar-refractivity contribution in [2.24, 2.45) is 11.7 Å². The third-order valence-electron chi connectivity index (χ3n) is 3.09. The predicted molar refractivity (Wildman–Crippen MR) is 71.3 cm³/mol. The number of para-hydroxylation sites is 1. The van der Waals surface area contributed by atoms with E-state index in [1.807, 2.05) is 44.2 Å². The molecule has 2 N–H and O–H groups in total. The molecular weight excluding hydrogens is 242 g/mol. The van der Waals surface area contributed by atoms with E-state index in [1.54, 1.807) is 0 Å². The highest BCUT2D eigenvalue weighted by Gasteiger charge is 2.19. The third-order valence-corrected chi connectivity index (χ3v) is 3.09. The van der Waals surface area contributed by atoms with Gasteiger partial charge in [-0.05, 0) is 18.1 Å². The van der Waals surface area contributed by atoms with Crippen LogP contribution >= 0.6 is 0 Å². The molecule has 0 bridgehead atoms. The van der Waals surface area contributed by atoms with Crippen LogP contribution in [0.25, 0.3) is 22.6 Å². The summed E-state index contributed by atoms with van der Waals surface area (Å²) in [6.45, 7) is 4.03. The molecule has 3 aromatic rings. The molecular formula is C14H15N3O2. The zero-order valence-electron chi connectivity index (χ0n) is 10.8. The Morgan fingerprint density at radius 3 is 2.74 bits per heavy atom. The fourth-order valence-corrected chi connectivity index (χ4v) is 1.86. The van der Waals surface area contributed by atoms with E-state index in [1.165, 1.54) is 0 Å². The Bertz CT molecular complexity index is 666. The van der Waals surface area contributed by atoms with Crippen LogP contribution in [-0.4, -0.2) is 10.1 Å². The number of rotatable bonds is 3. The lowest BCUT2D eigenvalue weighted by molar-refractivity contribution is 0.393. The van der Waals surface area contributed by atoms with Crippen LogP contribution < -0.4 is 5.73 Å². The molecule has 0 saturated carbocycles. The second-order valence-corrected chi connectivity index (χ2v) is 4.88. The maximum absolute atomic E-state index is 5.99. The van der Waals surface area contributed by atoms with E-state index in [0.29, 0.717) is 17.5 Å². The Hall–Kier alpha value is -2.14. The van der Waals surface area contributed by atoms with Gasteiger partial charge in [0, 0.05) is 5.39 Å². The molecule has 2 aromatic heterocycles. The minimum atomic E-state index is -0.234. The molecule has 98 valence electrons. The predicted octanol–water partition coefficient (Wildman–Crippen LogP) is 3.14. The molecule has 3 rings (SSSR count). The zero-order valence-corrected chi connectivity index (χ0v) is 10.8. The topological polar surface area (TPSA) is 78.1 Å². The van der Waals surface area contributed by atoms with E-state index < -0.39 is 0 Å². The molecule has 0 radical (unpaired) electrons. The lowest BCUT2D eigenvalue weighted by Gasteiger charge is -2.09. The Morgan fingerprint density at radius 1 is 1.21 bits per heavy atom. The van der Waals surface area contributed by atoms with Crippen LogP contribution in [0.4, 0.5) is 0 Å². The van der Waals surface area contributed by atoms with Crippen molar-refractivity contribution in [2.45, 2.75) is 19.9 Å². The van der Waals surface area contributed by atoms with Crippen molar-refractivity contribution in [3.05, 3.63) is 36.2 Å². The molecule has 0 aliphatic heterocycles. The molecule has 5 nitrogen and oxygen atoms in total. The smallest absolute Gasteiger partial charge is 0.293 e. The first-order valence-electron chi connectivity index (χ1n) is 6.23. The molecule has 5 heteroatoms. The average Bonchev–Trinajstić information content (AvgIpc) is 3.03. The summed E-state index contributed by atoms with van der Waals surface area (Å²) in [4.78, 5) is 4.30. The van der Waals surface area contributed by atoms with Crippen molar-refractivity contribution >= 4 is 11.0 Å². The van der Waals surface area contributed by atoms with E-state index in [2.05, 4.69) is 10.1 Å². The summed E-state index contributed by atoms with van der Waals surface area (Å²) in [7, 11) is 0. The largest absolute Gasteiger partial charge is 0.451 e. The van der Waals surface area contributed by atoms with Gasteiger partial charge in [0.15, 0.2) is 11.6 Å². The summed E-state index contributed by atoms with van der Waals surface area (Å²) in [5, 5.41) is 4.92. The Labute approximate surface area is 110 Å². The van der Waals surface area contributed by atoms with Crippen molar-refractivity contribution in [2.75, 3.05) is 0 Å². The van der Waals surface area contributed by atoms with Crippen molar-refractivity contribution in [1.82, 2.24) is 10.1 Å². The summed E-state index contributed by atoms with van der Waals surface area (Å²) >= 11 is 0. The number of fused-ring (bicyclic) bond motifs is 1. The summed E-state index contributed by atoms with van der Waals surface area (Å²) in [6.07, 6.45) is 0. The molecule has 0 spiro atoms. The second-order valence-electron chi connectivity index (χ2n) is 4.88. The highest BCUT2D eigenvalue weighted by atomic mass is 16.5. The number of hydrogen-bond acceptors (Lipinski definition) is 5. The molecule has 0 saturated heterocycles. The first kappa shape index (κ1) is 11.9. The van der Waals surface area contributed by atoms with E-state index in [0.717, 1.165) is 11.0 Å². The molecule has 0 aliphatic carbocycles. The minimum Gasteiger partial charge on any atom is -0.451 e. The number of aromatic nitrogens is 2. The molecule has 1 atom stereocenters. The SMILES string of the molecule is CC(C)C(N)c1noc(-c2cc3ccccc3o2)n1. The molecule has 0 fully saturated rings. The fourth-order valence-electron chi connectivity index (χ4n) is 1.86. The number of furan rings is 1. The van der Waals surface area contributed by atoms with Gasteiger partial charge >= 0.3 is 0 Å². The van der Waals surface area contributed by atoms with Crippen molar-refractivity contribution < 1.29 is 8.94 Å².